The molecule has 0 saturated carbocycles. The van der Waals surface area contributed by atoms with E-state index in [1.807, 2.05) is 0 Å². The lowest BCUT2D eigenvalue weighted by Crippen LogP contribution is -2.37. The summed E-state index contributed by atoms with van der Waals surface area (Å²) in [6.45, 7) is 8.97. The third kappa shape index (κ3) is 2.44. The summed E-state index contributed by atoms with van der Waals surface area (Å²) >= 11 is 0. The van der Waals surface area contributed by atoms with Crippen LogP contribution in [0.3, 0.4) is 0 Å². The third-order valence-corrected chi connectivity index (χ3v) is 3.33. The molecule has 0 aliphatic carbocycles. The van der Waals surface area contributed by atoms with Crippen molar-refractivity contribution in [1.29, 1.82) is 0 Å². The lowest BCUT2D eigenvalue weighted by Gasteiger charge is -2.34. The average Bonchev–Trinajstić information content (AvgIpc) is 2.29. The van der Waals surface area contributed by atoms with E-state index in [1.165, 1.54) is 11.1 Å². The van der Waals surface area contributed by atoms with Gasteiger partial charge in [-0.05, 0) is 35.8 Å². The molecular weight excluding hydrogens is 206 g/mol. The Morgan fingerprint density at radius 2 is 1.71 bits per heavy atom. The molecular formula is C16H21N. The van der Waals surface area contributed by atoms with Crippen molar-refractivity contribution < 1.29 is 0 Å². The van der Waals surface area contributed by atoms with Crippen molar-refractivity contribution >= 4 is 0 Å². The second-order valence-corrected chi connectivity index (χ2v) is 5.90. The fourth-order valence-corrected chi connectivity index (χ4v) is 2.12. The molecule has 1 aliphatic heterocycles. The number of allylic oxidation sites excluding steroid dienone is 2. The molecule has 2 rings (SSSR count). The van der Waals surface area contributed by atoms with Crippen LogP contribution in [0.15, 0.2) is 54.3 Å². The van der Waals surface area contributed by atoms with E-state index in [0.717, 1.165) is 0 Å². The first-order valence-corrected chi connectivity index (χ1v) is 6.15. The van der Waals surface area contributed by atoms with Gasteiger partial charge in [-0.15, -0.1) is 0 Å². The van der Waals surface area contributed by atoms with Gasteiger partial charge in [0.1, 0.15) is 0 Å². The van der Waals surface area contributed by atoms with E-state index >= 15 is 0 Å². The number of rotatable bonds is 1. The Bertz CT molecular complexity index is 448. The van der Waals surface area contributed by atoms with Gasteiger partial charge in [-0.25, -0.2) is 0 Å². The van der Waals surface area contributed by atoms with Crippen molar-refractivity contribution in [2.24, 2.45) is 5.41 Å². The molecule has 1 aromatic carbocycles. The van der Waals surface area contributed by atoms with Crippen molar-refractivity contribution in [2.75, 3.05) is 0 Å². The Morgan fingerprint density at radius 1 is 1.06 bits per heavy atom. The summed E-state index contributed by atoms with van der Waals surface area (Å²) < 4.78 is 0. The van der Waals surface area contributed by atoms with Gasteiger partial charge >= 0.3 is 0 Å². The highest BCUT2D eigenvalue weighted by atomic mass is 14.9. The molecule has 1 unspecified atom stereocenters. The van der Waals surface area contributed by atoms with Crippen LogP contribution in [-0.2, 0) is 5.54 Å². The summed E-state index contributed by atoms with van der Waals surface area (Å²) in [5, 5.41) is 3.46. The van der Waals surface area contributed by atoms with Gasteiger partial charge in [0.25, 0.3) is 0 Å². The summed E-state index contributed by atoms with van der Waals surface area (Å²) in [6.07, 6.45) is 6.57. The molecule has 1 nitrogen and oxygen atoms in total. The second-order valence-electron chi connectivity index (χ2n) is 5.90. The Morgan fingerprint density at radius 3 is 2.29 bits per heavy atom. The van der Waals surface area contributed by atoms with Crippen molar-refractivity contribution in [3.8, 4) is 0 Å². The average molecular weight is 227 g/mol. The smallest absolute Gasteiger partial charge is 0.0782 e. The first-order valence-electron chi connectivity index (χ1n) is 6.15. The van der Waals surface area contributed by atoms with Gasteiger partial charge in [-0.1, -0.05) is 57.2 Å². The zero-order valence-corrected chi connectivity index (χ0v) is 11.1. The highest BCUT2D eigenvalue weighted by Gasteiger charge is 2.28. The van der Waals surface area contributed by atoms with Crippen LogP contribution >= 0.6 is 0 Å². The van der Waals surface area contributed by atoms with Gasteiger partial charge in [-0.3, -0.25) is 0 Å². The molecule has 17 heavy (non-hydrogen) atoms. The van der Waals surface area contributed by atoms with E-state index in [4.69, 9.17) is 0 Å². The van der Waals surface area contributed by atoms with Crippen LogP contribution in [0.25, 0.3) is 0 Å². The van der Waals surface area contributed by atoms with Gasteiger partial charge in [0, 0.05) is 0 Å². The van der Waals surface area contributed by atoms with Crippen LogP contribution in [0.5, 0.6) is 0 Å². The Kier molecular flexibility index (Phi) is 2.86. The molecule has 1 aliphatic rings. The second kappa shape index (κ2) is 4.06. The molecule has 0 spiro atoms. The molecule has 0 bridgehead atoms. The highest BCUT2D eigenvalue weighted by Crippen LogP contribution is 2.34. The first-order chi connectivity index (χ1) is 7.92. The largest absolute Gasteiger partial charge is 0.378 e. The summed E-state index contributed by atoms with van der Waals surface area (Å²) in [6, 6.07) is 10.6. The SMILES string of the molecule is CC(C)(C)C1=CC(C)(c2ccccc2)NC=C1. The van der Waals surface area contributed by atoms with E-state index < -0.39 is 0 Å². The van der Waals surface area contributed by atoms with Gasteiger partial charge in [0.2, 0.25) is 0 Å². The number of dihydropyridines is 1. The van der Waals surface area contributed by atoms with Crippen LogP contribution in [0.4, 0.5) is 0 Å². The summed E-state index contributed by atoms with van der Waals surface area (Å²) in [7, 11) is 0. The fraction of sp³-hybridized carbons (Fsp3) is 0.375. The Hall–Kier alpha value is -1.50. The van der Waals surface area contributed by atoms with Gasteiger partial charge in [0.15, 0.2) is 0 Å². The lowest BCUT2D eigenvalue weighted by atomic mass is 9.79. The molecule has 90 valence electrons. The van der Waals surface area contributed by atoms with Crippen molar-refractivity contribution in [2.45, 2.75) is 33.2 Å². The van der Waals surface area contributed by atoms with E-state index in [1.54, 1.807) is 0 Å². The Balaban J connectivity index is 2.41. The quantitative estimate of drug-likeness (QED) is 0.765. The summed E-state index contributed by atoms with van der Waals surface area (Å²) in [4.78, 5) is 0. The van der Waals surface area contributed by atoms with Crippen molar-refractivity contribution in [1.82, 2.24) is 5.32 Å². The number of hydrogen-bond acceptors (Lipinski definition) is 1. The number of hydrogen-bond donors (Lipinski definition) is 1. The maximum absolute atomic E-state index is 3.46. The van der Waals surface area contributed by atoms with Gasteiger partial charge < -0.3 is 5.32 Å². The van der Waals surface area contributed by atoms with Crippen LogP contribution in [-0.4, -0.2) is 0 Å². The number of nitrogens with one attached hydrogen (secondary N) is 1. The molecule has 1 aromatic rings. The summed E-state index contributed by atoms with van der Waals surface area (Å²) in [5.74, 6) is 0. The molecule has 0 saturated heterocycles. The van der Waals surface area contributed by atoms with E-state index in [9.17, 15) is 0 Å². The van der Waals surface area contributed by atoms with Crippen LogP contribution in [0.2, 0.25) is 0 Å². The molecule has 1 heterocycles. The van der Waals surface area contributed by atoms with E-state index in [0.29, 0.717) is 0 Å². The van der Waals surface area contributed by atoms with Crippen molar-refractivity contribution in [3.63, 3.8) is 0 Å². The topological polar surface area (TPSA) is 12.0 Å². The molecule has 0 fully saturated rings. The van der Waals surface area contributed by atoms with Gasteiger partial charge in [0.05, 0.1) is 5.54 Å². The van der Waals surface area contributed by atoms with Crippen LogP contribution in [0.1, 0.15) is 33.3 Å². The highest BCUT2D eigenvalue weighted by molar-refractivity contribution is 5.39. The monoisotopic (exact) mass is 227 g/mol. The molecule has 1 N–H and O–H groups in total. The zero-order chi connectivity index (χ0) is 12.5. The number of benzene rings is 1. The minimum absolute atomic E-state index is 0.0986. The normalized spacial score (nSPS) is 24.1. The molecule has 1 atom stereocenters. The lowest BCUT2D eigenvalue weighted by molar-refractivity contribution is 0.466. The Labute approximate surface area is 104 Å². The maximum atomic E-state index is 3.46. The minimum Gasteiger partial charge on any atom is -0.378 e. The predicted octanol–water partition coefficient (Wildman–Crippen LogP) is 3.99. The third-order valence-electron chi connectivity index (χ3n) is 3.33. The standard InChI is InChI=1S/C16H21N/c1-15(2,3)14-10-11-17-16(4,12-14)13-8-6-5-7-9-13/h5-12,17H,1-4H3. The fourth-order valence-electron chi connectivity index (χ4n) is 2.12. The maximum Gasteiger partial charge on any atom is 0.0782 e. The predicted molar refractivity (Wildman–Crippen MR) is 73.6 cm³/mol. The molecule has 0 aromatic heterocycles. The summed E-state index contributed by atoms with van der Waals surface area (Å²) in [5.41, 5.74) is 2.77. The van der Waals surface area contributed by atoms with E-state index in [2.05, 4.69) is 81.7 Å². The van der Waals surface area contributed by atoms with Gasteiger partial charge in [-0.2, -0.15) is 0 Å². The molecule has 1 heteroatoms. The minimum atomic E-state index is -0.0986. The van der Waals surface area contributed by atoms with Crippen LogP contribution in [0, 0.1) is 5.41 Å². The first kappa shape index (κ1) is 12.0. The molecule has 0 radical (unpaired) electrons. The van der Waals surface area contributed by atoms with E-state index in [-0.39, 0.29) is 11.0 Å². The van der Waals surface area contributed by atoms with Crippen LogP contribution < -0.4 is 5.32 Å². The zero-order valence-electron chi connectivity index (χ0n) is 11.1. The molecule has 0 amide bonds. The van der Waals surface area contributed by atoms with Crippen molar-refractivity contribution in [3.05, 3.63) is 59.8 Å².